The van der Waals surface area contributed by atoms with Crippen LogP contribution in [-0.2, 0) is 4.74 Å². The fourth-order valence-corrected chi connectivity index (χ4v) is 1.80. The molecule has 17 heavy (non-hydrogen) atoms. The maximum absolute atomic E-state index is 11.3. The number of hydrogen-bond donors (Lipinski definition) is 1. The Morgan fingerprint density at radius 2 is 1.94 bits per heavy atom. The summed E-state index contributed by atoms with van der Waals surface area (Å²) in [5, 5.41) is 3.19. The minimum Gasteiger partial charge on any atom is -0.450 e. The molecule has 1 unspecified atom stereocenters. The summed E-state index contributed by atoms with van der Waals surface area (Å²) in [5.74, 6) is 0. The zero-order valence-electron chi connectivity index (χ0n) is 9.12. The minimum atomic E-state index is -0.777. The Labute approximate surface area is 115 Å². The number of ether oxygens (including phenoxy) is 1. The Balaban J connectivity index is 2.79. The molecule has 1 N–H and O–H groups in total. The minimum absolute atomic E-state index is 0.286. The number of alkyl carbamates (subject to hydrolysis) is 1. The molecule has 3 nitrogen and oxygen atoms in total. The third-order valence-corrected chi connectivity index (χ3v) is 2.79. The van der Waals surface area contributed by atoms with Crippen molar-refractivity contribution in [1.29, 1.82) is 0 Å². The van der Waals surface area contributed by atoms with Crippen molar-refractivity contribution in [2.75, 3.05) is 6.61 Å². The first-order chi connectivity index (χ1) is 8.04. The van der Waals surface area contributed by atoms with Crippen molar-refractivity contribution in [3.63, 3.8) is 0 Å². The van der Waals surface area contributed by atoms with Crippen molar-refractivity contribution >= 4 is 40.9 Å². The van der Waals surface area contributed by atoms with Gasteiger partial charge >= 0.3 is 6.09 Å². The lowest BCUT2D eigenvalue weighted by Gasteiger charge is -2.19. The summed E-state index contributed by atoms with van der Waals surface area (Å²) in [6.07, 6.45) is -0.557. The molecule has 1 aromatic rings. The molecular formula is C11H12Cl3NO2. The summed E-state index contributed by atoms with van der Waals surface area (Å²) in [5.41, 5.74) is 0.762. The molecule has 0 fully saturated rings. The number of alkyl halides is 2. The van der Waals surface area contributed by atoms with Gasteiger partial charge in [0.2, 0.25) is 0 Å². The highest BCUT2D eigenvalue weighted by Crippen LogP contribution is 2.25. The number of carbonyl (C=O) groups excluding carboxylic acids is 1. The topological polar surface area (TPSA) is 38.3 Å². The van der Waals surface area contributed by atoms with Gasteiger partial charge in [0.25, 0.3) is 0 Å². The van der Waals surface area contributed by atoms with Crippen LogP contribution in [-0.4, -0.2) is 17.5 Å². The molecule has 0 heterocycles. The van der Waals surface area contributed by atoms with E-state index >= 15 is 0 Å². The highest BCUT2D eigenvalue weighted by Gasteiger charge is 2.21. The maximum atomic E-state index is 11.3. The SMILES string of the molecule is CCOC(=O)NC(c1ccc(Cl)cc1)C(Cl)Cl. The largest absolute Gasteiger partial charge is 0.450 e. The van der Waals surface area contributed by atoms with Gasteiger partial charge in [0.1, 0.15) is 4.84 Å². The van der Waals surface area contributed by atoms with Crippen LogP contribution in [0.25, 0.3) is 0 Å². The molecule has 0 bridgehead atoms. The van der Waals surface area contributed by atoms with Crippen molar-refractivity contribution in [1.82, 2.24) is 5.32 Å². The molecule has 0 saturated heterocycles. The smallest absolute Gasteiger partial charge is 0.407 e. The molecule has 0 aliphatic rings. The van der Waals surface area contributed by atoms with E-state index in [1.165, 1.54) is 0 Å². The number of halogens is 3. The molecule has 1 rings (SSSR count). The van der Waals surface area contributed by atoms with E-state index in [-0.39, 0.29) is 6.61 Å². The van der Waals surface area contributed by atoms with Gasteiger partial charge in [-0.3, -0.25) is 0 Å². The predicted molar refractivity (Wildman–Crippen MR) is 69.8 cm³/mol. The second-order valence-electron chi connectivity index (χ2n) is 3.23. The van der Waals surface area contributed by atoms with Gasteiger partial charge in [0.15, 0.2) is 0 Å². The molecule has 0 spiro atoms. The Morgan fingerprint density at radius 1 is 1.35 bits per heavy atom. The predicted octanol–water partition coefficient (Wildman–Crippen LogP) is 3.93. The summed E-state index contributed by atoms with van der Waals surface area (Å²) >= 11 is 17.4. The van der Waals surface area contributed by atoms with Gasteiger partial charge in [0.05, 0.1) is 12.6 Å². The molecule has 1 aromatic carbocycles. The van der Waals surface area contributed by atoms with Crippen molar-refractivity contribution in [3.05, 3.63) is 34.9 Å². The lowest BCUT2D eigenvalue weighted by atomic mass is 10.1. The normalized spacial score (nSPS) is 12.3. The first-order valence-electron chi connectivity index (χ1n) is 5.01. The standard InChI is InChI=1S/C11H12Cl3NO2/c1-2-17-11(16)15-9(10(13)14)7-3-5-8(12)6-4-7/h3-6,9-10H,2H2,1H3,(H,15,16). The first-order valence-corrected chi connectivity index (χ1v) is 6.26. The fourth-order valence-electron chi connectivity index (χ4n) is 1.26. The maximum Gasteiger partial charge on any atom is 0.407 e. The number of nitrogens with one attached hydrogen (secondary N) is 1. The van der Waals surface area contributed by atoms with E-state index in [0.717, 1.165) is 5.56 Å². The highest BCUT2D eigenvalue weighted by atomic mass is 35.5. The molecule has 94 valence electrons. The van der Waals surface area contributed by atoms with Crippen LogP contribution < -0.4 is 5.32 Å². The number of benzene rings is 1. The molecule has 0 saturated carbocycles. The Kier molecular flexibility index (Phi) is 5.89. The molecule has 0 aliphatic carbocycles. The second-order valence-corrected chi connectivity index (χ2v) is 4.83. The molecule has 1 atom stereocenters. The van der Waals surface area contributed by atoms with E-state index in [4.69, 9.17) is 39.5 Å². The third-order valence-electron chi connectivity index (χ3n) is 2.03. The van der Waals surface area contributed by atoms with Crippen LogP contribution in [0.5, 0.6) is 0 Å². The lowest BCUT2D eigenvalue weighted by molar-refractivity contribution is 0.148. The third kappa shape index (κ3) is 4.62. The molecular weight excluding hydrogens is 284 g/mol. The van der Waals surface area contributed by atoms with Crippen molar-refractivity contribution < 1.29 is 9.53 Å². The van der Waals surface area contributed by atoms with Gasteiger partial charge in [-0.05, 0) is 24.6 Å². The van der Waals surface area contributed by atoms with Crippen LogP contribution in [0.2, 0.25) is 5.02 Å². The molecule has 0 aliphatic heterocycles. The Hall–Kier alpha value is -0.640. The van der Waals surface area contributed by atoms with Gasteiger partial charge in [-0.15, -0.1) is 23.2 Å². The van der Waals surface area contributed by atoms with Crippen LogP contribution in [0.15, 0.2) is 24.3 Å². The summed E-state index contributed by atoms with van der Waals surface area (Å²) in [7, 11) is 0. The second kappa shape index (κ2) is 6.94. The van der Waals surface area contributed by atoms with E-state index in [1.807, 2.05) is 0 Å². The number of rotatable bonds is 4. The highest BCUT2D eigenvalue weighted by molar-refractivity contribution is 6.44. The lowest BCUT2D eigenvalue weighted by Crippen LogP contribution is -2.32. The van der Waals surface area contributed by atoms with Crippen molar-refractivity contribution in [2.24, 2.45) is 0 Å². The monoisotopic (exact) mass is 295 g/mol. The Bertz CT molecular complexity index is 367. The van der Waals surface area contributed by atoms with Crippen molar-refractivity contribution in [2.45, 2.75) is 17.8 Å². The van der Waals surface area contributed by atoms with Crippen LogP contribution >= 0.6 is 34.8 Å². The molecule has 0 radical (unpaired) electrons. The van der Waals surface area contributed by atoms with E-state index in [2.05, 4.69) is 5.32 Å². The van der Waals surface area contributed by atoms with Crippen LogP contribution in [0.4, 0.5) is 4.79 Å². The van der Waals surface area contributed by atoms with E-state index in [0.29, 0.717) is 5.02 Å². The van der Waals surface area contributed by atoms with E-state index in [9.17, 15) is 4.79 Å². The van der Waals surface area contributed by atoms with Crippen molar-refractivity contribution in [3.8, 4) is 0 Å². The summed E-state index contributed by atoms with van der Waals surface area (Å²) < 4.78 is 4.77. The van der Waals surface area contributed by atoms with Gasteiger partial charge in [-0.1, -0.05) is 23.7 Å². The average molecular weight is 297 g/mol. The zero-order valence-corrected chi connectivity index (χ0v) is 11.4. The van der Waals surface area contributed by atoms with E-state index < -0.39 is 17.0 Å². The number of amides is 1. The van der Waals surface area contributed by atoms with Crippen LogP contribution in [0, 0.1) is 0 Å². The quantitative estimate of drug-likeness (QED) is 0.855. The average Bonchev–Trinajstić information content (AvgIpc) is 2.27. The fraction of sp³-hybridized carbons (Fsp3) is 0.364. The molecule has 6 heteroatoms. The molecule has 1 amide bonds. The number of carbonyl (C=O) groups is 1. The van der Waals surface area contributed by atoms with Crippen LogP contribution in [0.1, 0.15) is 18.5 Å². The first kappa shape index (κ1) is 14.4. The van der Waals surface area contributed by atoms with Crippen LogP contribution in [0.3, 0.4) is 0 Å². The van der Waals surface area contributed by atoms with E-state index in [1.54, 1.807) is 31.2 Å². The van der Waals surface area contributed by atoms with Gasteiger partial charge in [0, 0.05) is 5.02 Å². The zero-order chi connectivity index (χ0) is 12.8. The number of hydrogen-bond acceptors (Lipinski definition) is 2. The molecule has 0 aromatic heterocycles. The summed E-state index contributed by atoms with van der Waals surface area (Å²) in [6.45, 7) is 2.00. The van der Waals surface area contributed by atoms with Gasteiger partial charge in [-0.2, -0.15) is 0 Å². The van der Waals surface area contributed by atoms with Gasteiger partial charge < -0.3 is 10.1 Å². The van der Waals surface area contributed by atoms with Gasteiger partial charge in [-0.25, -0.2) is 4.79 Å². The summed E-state index contributed by atoms with van der Waals surface area (Å²) in [4.78, 5) is 10.5. The Morgan fingerprint density at radius 3 is 2.41 bits per heavy atom. The summed E-state index contributed by atoms with van der Waals surface area (Å²) in [6, 6.07) is 6.36.